The summed E-state index contributed by atoms with van der Waals surface area (Å²) in [4.78, 5) is 9.34. The number of rotatable bonds is 5. The van der Waals surface area contributed by atoms with Gasteiger partial charge in [0, 0.05) is 39.8 Å². The first-order valence-electron chi connectivity index (χ1n) is 10.6. The highest BCUT2D eigenvalue weighted by Crippen LogP contribution is 2.24. The Bertz CT molecular complexity index is 647. The Labute approximate surface area is 193 Å². The van der Waals surface area contributed by atoms with E-state index in [1.807, 2.05) is 7.05 Å². The predicted molar refractivity (Wildman–Crippen MR) is 129 cm³/mol. The second-order valence-corrected chi connectivity index (χ2v) is 8.01. The fourth-order valence-electron chi connectivity index (χ4n) is 4.28. The van der Waals surface area contributed by atoms with Crippen LogP contribution in [0.2, 0.25) is 0 Å². The van der Waals surface area contributed by atoms with Crippen LogP contribution in [-0.2, 0) is 9.47 Å². The molecule has 0 aliphatic carbocycles. The molecule has 0 aromatic heterocycles. The Balaban J connectivity index is 0.00000300. The molecule has 3 atom stereocenters. The molecule has 2 aliphatic rings. The smallest absolute Gasteiger partial charge is 0.193 e. The molecule has 164 valence electrons. The van der Waals surface area contributed by atoms with Gasteiger partial charge in [0.05, 0.1) is 25.4 Å². The lowest BCUT2D eigenvalue weighted by molar-refractivity contribution is -0.0679. The van der Waals surface area contributed by atoms with Crippen molar-refractivity contribution in [3.63, 3.8) is 0 Å². The monoisotopic (exact) mass is 516 g/mol. The number of benzene rings is 1. The summed E-state index contributed by atoms with van der Waals surface area (Å²) in [5, 5.41) is 3.55. The molecule has 2 saturated heterocycles. The van der Waals surface area contributed by atoms with Gasteiger partial charge in [-0.2, -0.15) is 0 Å². The molecule has 2 fully saturated rings. The summed E-state index contributed by atoms with van der Waals surface area (Å²) in [5.74, 6) is 0.977. The number of aliphatic imine (C=N–C) groups is 1. The van der Waals surface area contributed by atoms with E-state index in [0.29, 0.717) is 12.2 Å². The van der Waals surface area contributed by atoms with Crippen molar-refractivity contribution in [2.24, 2.45) is 4.99 Å². The van der Waals surface area contributed by atoms with Crippen LogP contribution in [0.15, 0.2) is 29.3 Å². The predicted octanol–water partition coefficient (Wildman–Crippen LogP) is 3.06. The quantitative estimate of drug-likeness (QED) is 0.282. The van der Waals surface area contributed by atoms with Gasteiger partial charge in [-0.1, -0.05) is 24.3 Å². The van der Waals surface area contributed by atoms with E-state index in [1.54, 1.807) is 0 Å². The molecule has 0 amide bonds. The summed E-state index contributed by atoms with van der Waals surface area (Å²) in [7, 11) is 1.87. The van der Waals surface area contributed by atoms with Crippen molar-refractivity contribution >= 4 is 29.9 Å². The molecule has 0 bridgehead atoms. The van der Waals surface area contributed by atoms with Crippen LogP contribution in [-0.4, -0.2) is 80.9 Å². The minimum atomic E-state index is 0. The van der Waals surface area contributed by atoms with E-state index in [1.165, 1.54) is 11.1 Å². The number of guanidine groups is 1. The molecule has 29 heavy (non-hydrogen) atoms. The van der Waals surface area contributed by atoms with Crippen LogP contribution in [0.25, 0.3) is 0 Å². The highest BCUT2D eigenvalue weighted by atomic mass is 127. The second-order valence-electron chi connectivity index (χ2n) is 8.01. The number of nitrogens with zero attached hydrogens (tertiary/aromatic N) is 3. The molecule has 2 aliphatic heterocycles. The standard InChI is InChI=1S/C22H36N4O2.HI/c1-17-8-5-6-9-20(17)21-16-26(12-13-27-21)22(23-4)24-10-7-11-25-14-18(2)28-19(3)15-25;/h5-6,8-9,18-19,21H,7,10-16H2,1-4H3,(H,23,24);1H. The highest BCUT2D eigenvalue weighted by Gasteiger charge is 2.25. The molecule has 1 aromatic rings. The minimum Gasteiger partial charge on any atom is -0.373 e. The van der Waals surface area contributed by atoms with Gasteiger partial charge in [0.15, 0.2) is 5.96 Å². The van der Waals surface area contributed by atoms with Crippen molar-refractivity contribution in [3.8, 4) is 0 Å². The number of aryl methyl sites for hydroxylation is 1. The van der Waals surface area contributed by atoms with Gasteiger partial charge in [-0.05, 0) is 38.3 Å². The molecule has 1 N–H and O–H groups in total. The summed E-state index contributed by atoms with van der Waals surface area (Å²) in [6, 6.07) is 8.49. The van der Waals surface area contributed by atoms with Crippen LogP contribution in [0, 0.1) is 6.92 Å². The summed E-state index contributed by atoms with van der Waals surface area (Å²) < 4.78 is 11.9. The van der Waals surface area contributed by atoms with Gasteiger partial charge in [0.2, 0.25) is 0 Å². The van der Waals surface area contributed by atoms with Gasteiger partial charge < -0.3 is 19.7 Å². The molecular formula is C22H37IN4O2. The first-order valence-corrected chi connectivity index (χ1v) is 10.6. The van der Waals surface area contributed by atoms with E-state index < -0.39 is 0 Å². The zero-order valence-electron chi connectivity index (χ0n) is 18.3. The van der Waals surface area contributed by atoms with Crippen molar-refractivity contribution in [2.45, 2.75) is 45.5 Å². The minimum absolute atomic E-state index is 0. The first kappa shape index (κ1) is 24.4. The summed E-state index contributed by atoms with van der Waals surface area (Å²) in [5.41, 5.74) is 2.56. The van der Waals surface area contributed by atoms with Crippen LogP contribution >= 0.6 is 24.0 Å². The van der Waals surface area contributed by atoms with E-state index in [0.717, 1.165) is 58.3 Å². The van der Waals surface area contributed by atoms with Gasteiger partial charge in [-0.25, -0.2) is 0 Å². The van der Waals surface area contributed by atoms with Crippen molar-refractivity contribution < 1.29 is 9.47 Å². The van der Waals surface area contributed by atoms with E-state index in [-0.39, 0.29) is 30.1 Å². The number of hydrogen-bond donors (Lipinski definition) is 1. The average Bonchev–Trinajstić information content (AvgIpc) is 2.68. The van der Waals surface area contributed by atoms with Crippen LogP contribution < -0.4 is 5.32 Å². The average molecular weight is 516 g/mol. The van der Waals surface area contributed by atoms with Crippen LogP contribution in [0.1, 0.15) is 37.5 Å². The fraction of sp³-hybridized carbons (Fsp3) is 0.682. The summed E-state index contributed by atoms with van der Waals surface area (Å²) >= 11 is 0. The number of ether oxygens (including phenoxy) is 2. The van der Waals surface area contributed by atoms with Crippen LogP contribution in [0.5, 0.6) is 0 Å². The molecule has 7 heteroatoms. The van der Waals surface area contributed by atoms with Gasteiger partial charge in [0.25, 0.3) is 0 Å². The molecule has 3 unspecified atom stereocenters. The third-order valence-corrected chi connectivity index (χ3v) is 5.54. The Morgan fingerprint density at radius 3 is 2.59 bits per heavy atom. The lowest BCUT2D eigenvalue weighted by Gasteiger charge is -2.36. The molecule has 1 aromatic carbocycles. The number of nitrogens with one attached hydrogen (secondary N) is 1. The van der Waals surface area contributed by atoms with E-state index in [9.17, 15) is 0 Å². The lowest BCUT2D eigenvalue weighted by Crippen LogP contribution is -2.49. The first-order chi connectivity index (χ1) is 13.6. The Hall–Kier alpha value is -0.900. The number of halogens is 1. The second kappa shape index (κ2) is 12.1. The topological polar surface area (TPSA) is 49.3 Å². The molecule has 3 rings (SSSR count). The van der Waals surface area contributed by atoms with Gasteiger partial charge >= 0.3 is 0 Å². The number of hydrogen-bond acceptors (Lipinski definition) is 4. The van der Waals surface area contributed by atoms with Crippen LogP contribution in [0.4, 0.5) is 0 Å². The molecule has 0 radical (unpaired) electrons. The van der Waals surface area contributed by atoms with Crippen molar-refractivity contribution in [1.82, 2.24) is 15.1 Å². The summed E-state index contributed by atoms with van der Waals surface area (Å²) in [6.45, 7) is 13.0. The molecule has 6 nitrogen and oxygen atoms in total. The van der Waals surface area contributed by atoms with E-state index >= 15 is 0 Å². The largest absolute Gasteiger partial charge is 0.373 e. The Kier molecular flexibility index (Phi) is 10.1. The van der Waals surface area contributed by atoms with Gasteiger partial charge in [-0.3, -0.25) is 9.89 Å². The van der Waals surface area contributed by atoms with Crippen molar-refractivity contribution in [1.29, 1.82) is 0 Å². The highest BCUT2D eigenvalue weighted by molar-refractivity contribution is 14.0. The fourth-order valence-corrected chi connectivity index (χ4v) is 4.28. The maximum absolute atomic E-state index is 6.05. The third kappa shape index (κ3) is 7.08. The van der Waals surface area contributed by atoms with E-state index in [2.05, 4.69) is 65.1 Å². The summed E-state index contributed by atoms with van der Waals surface area (Å²) in [6.07, 6.45) is 1.86. The normalized spacial score (nSPS) is 26.1. The molecule has 0 saturated carbocycles. The third-order valence-electron chi connectivity index (χ3n) is 5.54. The molecule has 0 spiro atoms. The maximum Gasteiger partial charge on any atom is 0.193 e. The molecular weight excluding hydrogens is 479 g/mol. The lowest BCUT2D eigenvalue weighted by atomic mass is 10.0. The zero-order valence-corrected chi connectivity index (χ0v) is 20.6. The SMILES string of the molecule is CN=C(NCCCN1CC(C)OC(C)C1)N1CCOC(c2ccccc2C)C1.I. The maximum atomic E-state index is 6.05. The molecule has 2 heterocycles. The Morgan fingerprint density at radius 1 is 1.17 bits per heavy atom. The van der Waals surface area contributed by atoms with E-state index in [4.69, 9.17) is 9.47 Å². The number of morpholine rings is 2. The van der Waals surface area contributed by atoms with Crippen molar-refractivity contribution in [2.75, 3.05) is 52.9 Å². The Morgan fingerprint density at radius 2 is 1.90 bits per heavy atom. The van der Waals surface area contributed by atoms with Gasteiger partial charge in [0.1, 0.15) is 6.10 Å². The van der Waals surface area contributed by atoms with Crippen molar-refractivity contribution in [3.05, 3.63) is 35.4 Å². The van der Waals surface area contributed by atoms with Gasteiger partial charge in [-0.15, -0.1) is 24.0 Å². The van der Waals surface area contributed by atoms with Crippen LogP contribution in [0.3, 0.4) is 0 Å². The zero-order chi connectivity index (χ0) is 19.9.